The van der Waals surface area contributed by atoms with Crippen LogP contribution in [0.4, 0.5) is 8.78 Å². The van der Waals surface area contributed by atoms with Crippen molar-refractivity contribution in [2.75, 3.05) is 13.1 Å². The molecule has 1 amide bonds. The molecule has 0 aromatic heterocycles. The second-order valence-corrected chi connectivity index (χ2v) is 3.44. The van der Waals surface area contributed by atoms with Crippen molar-refractivity contribution in [2.24, 2.45) is 0 Å². The summed E-state index contributed by atoms with van der Waals surface area (Å²) in [5.41, 5.74) is -0.138. The summed E-state index contributed by atoms with van der Waals surface area (Å²) in [6, 6.07) is 2.67. The number of likely N-dealkylation sites (N-methyl/N-ethyl adjacent to an activating group) is 1. The molecule has 0 fully saturated rings. The summed E-state index contributed by atoms with van der Waals surface area (Å²) >= 11 is 0. The maximum Gasteiger partial charge on any atom is 0.294 e. The number of nitrogens with zero attached hydrogens (tertiary/aromatic N) is 1. The largest absolute Gasteiger partial charge is 0.336 e. The third kappa shape index (κ3) is 2.87. The Balaban J connectivity index is 2.96. The first-order chi connectivity index (χ1) is 8.01. The lowest BCUT2D eigenvalue weighted by Gasteiger charge is -2.17. The van der Waals surface area contributed by atoms with E-state index >= 15 is 0 Å². The summed E-state index contributed by atoms with van der Waals surface area (Å²) in [6.45, 7) is 4.26. The van der Waals surface area contributed by atoms with Crippen LogP contribution in [0.5, 0.6) is 0 Å². The number of amides is 1. The van der Waals surface area contributed by atoms with E-state index in [4.69, 9.17) is 0 Å². The Labute approximate surface area is 98.0 Å². The first kappa shape index (κ1) is 13.3. The summed E-state index contributed by atoms with van der Waals surface area (Å²) < 4.78 is 25.6. The molecule has 0 N–H and O–H groups in total. The molecule has 0 saturated carbocycles. The van der Waals surface area contributed by atoms with E-state index in [1.54, 1.807) is 13.8 Å². The monoisotopic (exact) mass is 241 g/mol. The highest BCUT2D eigenvalue weighted by Gasteiger charge is 2.21. The van der Waals surface area contributed by atoms with Crippen molar-refractivity contribution in [1.82, 2.24) is 4.90 Å². The molecule has 3 nitrogen and oxygen atoms in total. The second-order valence-electron chi connectivity index (χ2n) is 3.44. The minimum absolute atomic E-state index is 0.138. The molecule has 0 aliphatic heterocycles. The molecule has 0 bridgehead atoms. The van der Waals surface area contributed by atoms with Crippen LogP contribution in [0, 0.1) is 11.6 Å². The predicted molar refractivity (Wildman–Crippen MR) is 58.6 cm³/mol. The third-order valence-electron chi connectivity index (χ3n) is 2.43. The fraction of sp³-hybridized carbons (Fsp3) is 0.333. The van der Waals surface area contributed by atoms with Gasteiger partial charge in [0.25, 0.3) is 5.91 Å². The lowest BCUT2D eigenvalue weighted by atomic mass is 10.1. The van der Waals surface area contributed by atoms with Gasteiger partial charge in [0.2, 0.25) is 5.78 Å². The van der Waals surface area contributed by atoms with Crippen LogP contribution < -0.4 is 0 Å². The average Bonchev–Trinajstić information content (AvgIpc) is 2.33. The van der Waals surface area contributed by atoms with Crippen molar-refractivity contribution in [3.63, 3.8) is 0 Å². The number of benzene rings is 1. The second kappa shape index (κ2) is 5.52. The van der Waals surface area contributed by atoms with Crippen LogP contribution in [0.15, 0.2) is 18.2 Å². The SMILES string of the molecule is CCN(CC)C(=O)C(=O)c1ccc(F)c(F)c1. The first-order valence-corrected chi connectivity index (χ1v) is 5.29. The van der Waals surface area contributed by atoms with Crippen LogP contribution in [0.2, 0.25) is 0 Å². The average molecular weight is 241 g/mol. The van der Waals surface area contributed by atoms with Crippen LogP contribution in [0.1, 0.15) is 24.2 Å². The molecule has 17 heavy (non-hydrogen) atoms. The van der Waals surface area contributed by atoms with Gasteiger partial charge in [0.1, 0.15) is 0 Å². The number of rotatable bonds is 4. The van der Waals surface area contributed by atoms with Crippen LogP contribution in [-0.2, 0) is 4.79 Å². The highest BCUT2D eigenvalue weighted by molar-refractivity contribution is 6.42. The van der Waals surface area contributed by atoms with E-state index in [9.17, 15) is 18.4 Å². The summed E-state index contributed by atoms with van der Waals surface area (Å²) in [6.07, 6.45) is 0. The number of halogens is 2. The molecule has 0 saturated heterocycles. The van der Waals surface area contributed by atoms with E-state index in [-0.39, 0.29) is 5.56 Å². The maximum absolute atomic E-state index is 12.9. The Morgan fingerprint density at radius 3 is 2.18 bits per heavy atom. The van der Waals surface area contributed by atoms with Gasteiger partial charge >= 0.3 is 0 Å². The zero-order chi connectivity index (χ0) is 13.0. The standard InChI is InChI=1S/C12H13F2NO2/c1-3-15(4-2)12(17)11(16)8-5-6-9(13)10(14)7-8/h5-7H,3-4H2,1-2H3. The zero-order valence-electron chi connectivity index (χ0n) is 9.67. The molecule has 1 aromatic carbocycles. The van der Waals surface area contributed by atoms with Gasteiger partial charge in [-0.25, -0.2) is 8.78 Å². The van der Waals surface area contributed by atoms with Crippen LogP contribution in [-0.4, -0.2) is 29.7 Å². The van der Waals surface area contributed by atoms with E-state index in [0.717, 1.165) is 18.2 Å². The van der Waals surface area contributed by atoms with Gasteiger partial charge in [-0.2, -0.15) is 0 Å². The summed E-state index contributed by atoms with van der Waals surface area (Å²) in [4.78, 5) is 24.7. The van der Waals surface area contributed by atoms with Gasteiger partial charge < -0.3 is 4.90 Å². The van der Waals surface area contributed by atoms with Crippen molar-refractivity contribution in [3.8, 4) is 0 Å². The van der Waals surface area contributed by atoms with E-state index in [1.165, 1.54) is 4.90 Å². The molecule has 92 valence electrons. The molecule has 0 heterocycles. The topological polar surface area (TPSA) is 37.4 Å². The Kier molecular flexibility index (Phi) is 4.31. The lowest BCUT2D eigenvalue weighted by molar-refractivity contribution is -0.126. The fourth-order valence-electron chi connectivity index (χ4n) is 1.42. The molecule has 5 heteroatoms. The molecule has 0 radical (unpaired) electrons. The molecule has 0 spiro atoms. The van der Waals surface area contributed by atoms with Crippen molar-refractivity contribution in [2.45, 2.75) is 13.8 Å². The molecule has 0 atom stereocenters. The van der Waals surface area contributed by atoms with Crippen molar-refractivity contribution in [1.29, 1.82) is 0 Å². The molecule has 0 unspecified atom stereocenters. The first-order valence-electron chi connectivity index (χ1n) is 5.29. The maximum atomic E-state index is 12.9. The van der Waals surface area contributed by atoms with E-state index in [2.05, 4.69) is 0 Å². The minimum Gasteiger partial charge on any atom is -0.336 e. The van der Waals surface area contributed by atoms with Crippen molar-refractivity contribution in [3.05, 3.63) is 35.4 Å². The van der Waals surface area contributed by atoms with Gasteiger partial charge in [-0.1, -0.05) is 0 Å². The summed E-state index contributed by atoms with van der Waals surface area (Å²) in [5.74, 6) is -3.71. The Bertz CT molecular complexity index is 442. The molecule has 1 rings (SSSR count). The highest BCUT2D eigenvalue weighted by atomic mass is 19.2. The number of hydrogen-bond donors (Lipinski definition) is 0. The number of Topliss-reactive ketones (excluding diaryl/α,β-unsaturated/α-hetero) is 1. The van der Waals surface area contributed by atoms with Gasteiger partial charge in [0.15, 0.2) is 11.6 Å². The number of ketones is 1. The van der Waals surface area contributed by atoms with Crippen LogP contribution in [0.25, 0.3) is 0 Å². The van der Waals surface area contributed by atoms with Crippen LogP contribution in [0.3, 0.4) is 0 Å². The highest BCUT2D eigenvalue weighted by Crippen LogP contribution is 2.10. The zero-order valence-corrected chi connectivity index (χ0v) is 9.67. The Hall–Kier alpha value is -1.78. The lowest BCUT2D eigenvalue weighted by Crippen LogP contribution is -2.36. The van der Waals surface area contributed by atoms with E-state index < -0.39 is 23.3 Å². The van der Waals surface area contributed by atoms with Gasteiger partial charge in [0, 0.05) is 18.7 Å². The summed E-state index contributed by atoms with van der Waals surface area (Å²) in [7, 11) is 0. The van der Waals surface area contributed by atoms with Gasteiger partial charge in [-0.3, -0.25) is 9.59 Å². The van der Waals surface area contributed by atoms with Crippen molar-refractivity contribution >= 4 is 11.7 Å². The number of carbonyl (C=O) groups excluding carboxylic acids is 2. The van der Waals surface area contributed by atoms with Gasteiger partial charge in [-0.15, -0.1) is 0 Å². The number of hydrogen-bond acceptors (Lipinski definition) is 2. The Morgan fingerprint density at radius 1 is 1.12 bits per heavy atom. The van der Waals surface area contributed by atoms with E-state index in [1.807, 2.05) is 0 Å². The molecule has 0 aliphatic carbocycles. The molecule has 0 aliphatic rings. The Morgan fingerprint density at radius 2 is 1.71 bits per heavy atom. The van der Waals surface area contributed by atoms with Gasteiger partial charge in [-0.05, 0) is 32.0 Å². The minimum atomic E-state index is -1.14. The quantitative estimate of drug-likeness (QED) is 0.597. The van der Waals surface area contributed by atoms with Gasteiger partial charge in [0.05, 0.1) is 0 Å². The van der Waals surface area contributed by atoms with Crippen molar-refractivity contribution < 1.29 is 18.4 Å². The number of carbonyl (C=O) groups is 2. The van der Waals surface area contributed by atoms with Crippen LogP contribution >= 0.6 is 0 Å². The molecular weight excluding hydrogens is 228 g/mol. The molecular formula is C12H13F2NO2. The van der Waals surface area contributed by atoms with E-state index in [0.29, 0.717) is 13.1 Å². The third-order valence-corrected chi connectivity index (χ3v) is 2.43. The summed E-state index contributed by atoms with van der Waals surface area (Å²) in [5, 5.41) is 0. The smallest absolute Gasteiger partial charge is 0.294 e. The normalized spacial score (nSPS) is 10.1. The fourth-order valence-corrected chi connectivity index (χ4v) is 1.42. The molecule has 1 aromatic rings. The predicted octanol–water partition coefficient (Wildman–Crippen LogP) is 2.02.